The average molecular weight is 344 g/mol. The molecule has 8 heteroatoms. The molecule has 1 saturated carbocycles. The highest BCUT2D eigenvalue weighted by Crippen LogP contribution is 2.35. The van der Waals surface area contributed by atoms with Gasteiger partial charge in [-0.15, -0.1) is 15.3 Å². The van der Waals surface area contributed by atoms with Crippen LogP contribution in [0.2, 0.25) is 0 Å². The lowest BCUT2D eigenvalue weighted by Crippen LogP contribution is -2.46. The van der Waals surface area contributed by atoms with E-state index in [1.807, 2.05) is 19.2 Å². The summed E-state index contributed by atoms with van der Waals surface area (Å²) in [6, 6.07) is 3.84. The molecule has 1 aliphatic carbocycles. The first-order valence-electron chi connectivity index (χ1n) is 8.93. The van der Waals surface area contributed by atoms with Crippen molar-refractivity contribution in [3.8, 4) is 0 Å². The standard InChI is InChI=1S/C17H24N6O2/c1-22(15-6-3-7-18-19-15)10-14-11-23(8-9-24-14)12-16-20-21-17(25-16)13-4-2-5-13/h3,6-7,13-14H,2,4-5,8-12H2,1H3/t14-/m0/s1. The molecule has 1 aliphatic heterocycles. The van der Waals surface area contributed by atoms with Crippen LogP contribution < -0.4 is 4.90 Å². The zero-order valence-corrected chi connectivity index (χ0v) is 14.5. The quantitative estimate of drug-likeness (QED) is 0.779. The minimum Gasteiger partial charge on any atom is -0.424 e. The van der Waals surface area contributed by atoms with Crippen LogP contribution in [0.1, 0.15) is 37.0 Å². The molecule has 0 aromatic carbocycles. The van der Waals surface area contributed by atoms with E-state index in [0.717, 1.165) is 31.3 Å². The smallest absolute Gasteiger partial charge is 0.230 e. The van der Waals surface area contributed by atoms with Gasteiger partial charge in [-0.05, 0) is 25.0 Å². The summed E-state index contributed by atoms with van der Waals surface area (Å²) >= 11 is 0. The molecule has 2 fully saturated rings. The molecule has 1 saturated heterocycles. The van der Waals surface area contributed by atoms with Gasteiger partial charge in [-0.25, -0.2) is 0 Å². The Kier molecular flexibility index (Phi) is 4.89. The molecular weight excluding hydrogens is 320 g/mol. The highest BCUT2D eigenvalue weighted by atomic mass is 16.5. The minimum atomic E-state index is 0.120. The van der Waals surface area contributed by atoms with Crippen LogP contribution in [-0.4, -0.2) is 64.7 Å². The molecule has 8 nitrogen and oxygen atoms in total. The Hall–Kier alpha value is -2.06. The van der Waals surface area contributed by atoms with E-state index in [2.05, 4.69) is 30.2 Å². The molecule has 4 rings (SSSR count). The number of morpholine rings is 1. The maximum Gasteiger partial charge on any atom is 0.230 e. The zero-order valence-electron chi connectivity index (χ0n) is 14.5. The predicted octanol–water partition coefficient (Wildman–Crippen LogP) is 1.46. The normalized spacial score (nSPS) is 21.9. The molecule has 2 aromatic heterocycles. The highest BCUT2D eigenvalue weighted by molar-refractivity contribution is 5.35. The van der Waals surface area contributed by atoms with Gasteiger partial charge in [-0.2, -0.15) is 5.10 Å². The third kappa shape index (κ3) is 3.96. The van der Waals surface area contributed by atoms with Crippen LogP contribution in [0.25, 0.3) is 0 Å². The van der Waals surface area contributed by atoms with E-state index in [1.54, 1.807) is 6.20 Å². The summed E-state index contributed by atoms with van der Waals surface area (Å²) in [5.41, 5.74) is 0. The van der Waals surface area contributed by atoms with E-state index in [9.17, 15) is 0 Å². The Labute approximate surface area is 147 Å². The third-order valence-corrected chi connectivity index (χ3v) is 4.95. The summed E-state index contributed by atoms with van der Waals surface area (Å²) in [4.78, 5) is 4.39. The van der Waals surface area contributed by atoms with Gasteiger partial charge in [-0.1, -0.05) is 6.42 Å². The lowest BCUT2D eigenvalue weighted by Gasteiger charge is -2.34. The first kappa shape index (κ1) is 16.4. The number of hydrogen-bond donors (Lipinski definition) is 0. The van der Waals surface area contributed by atoms with Crippen LogP contribution in [0.5, 0.6) is 0 Å². The first-order chi connectivity index (χ1) is 12.3. The van der Waals surface area contributed by atoms with Gasteiger partial charge in [0.1, 0.15) is 0 Å². The summed E-state index contributed by atoms with van der Waals surface area (Å²) in [5, 5.41) is 16.5. The van der Waals surface area contributed by atoms with Crippen molar-refractivity contribution < 1.29 is 9.15 Å². The lowest BCUT2D eigenvalue weighted by molar-refractivity contribution is -0.0289. The van der Waals surface area contributed by atoms with E-state index >= 15 is 0 Å². The van der Waals surface area contributed by atoms with Gasteiger partial charge in [-0.3, -0.25) is 4.90 Å². The second-order valence-electron chi connectivity index (χ2n) is 6.85. The van der Waals surface area contributed by atoms with E-state index in [-0.39, 0.29) is 6.10 Å². The van der Waals surface area contributed by atoms with Crippen molar-refractivity contribution in [3.63, 3.8) is 0 Å². The van der Waals surface area contributed by atoms with Crippen LogP contribution in [0.15, 0.2) is 22.7 Å². The molecule has 1 atom stereocenters. The molecule has 0 bridgehead atoms. The molecule has 2 aliphatic rings. The first-order valence-corrected chi connectivity index (χ1v) is 8.93. The van der Waals surface area contributed by atoms with E-state index < -0.39 is 0 Å². The summed E-state index contributed by atoms with van der Waals surface area (Å²) in [6.07, 6.45) is 5.42. The Bertz CT molecular complexity index is 675. The van der Waals surface area contributed by atoms with Crippen molar-refractivity contribution in [1.29, 1.82) is 0 Å². The van der Waals surface area contributed by atoms with Crippen molar-refractivity contribution in [2.45, 2.75) is 37.8 Å². The zero-order chi connectivity index (χ0) is 17.1. The number of ether oxygens (including phenoxy) is 1. The molecule has 0 amide bonds. The van der Waals surface area contributed by atoms with Crippen LogP contribution in [0.4, 0.5) is 5.82 Å². The van der Waals surface area contributed by atoms with Crippen molar-refractivity contribution in [2.24, 2.45) is 0 Å². The second kappa shape index (κ2) is 7.45. The molecule has 0 unspecified atom stereocenters. The highest BCUT2D eigenvalue weighted by Gasteiger charge is 2.27. The molecule has 2 aromatic rings. The summed E-state index contributed by atoms with van der Waals surface area (Å²) in [5.74, 6) is 2.86. The minimum absolute atomic E-state index is 0.120. The van der Waals surface area contributed by atoms with Gasteiger partial charge >= 0.3 is 0 Å². The van der Waals surface area contributed by atoms with Gasteiger partial charge in [0.05, 0.1) is 19.3 Å². The molecule has 0 N–H and O–H groups in total. The van der Waals surface area contributed by atoms with Crippen molar-refractivity contribution >= 4 is 5.82 Å². The number of aromatic nitrogens is 4. The monoisotopic (exact) mass is 344 g/mol. The third-order valence-electron chi connectivity index (χ3n) is 4.95. The fraction of sp³-hybridized carbons (Fsp3) is 0.647. The number of rotatable bonds is 6. The summed E-state index contributed by atoms with van der Waals surface area (Å²) in [6.45, 7) is 3.89. The van der Waals surface area contributed by atoms with Crippen LogP contribution in [0.3, 0.4) is 0 Å². The number of anilines is 1. The molecular formula is C17H24N6O2. The fourth-order valence-electron chi connectivity index (χ4n) is 3.27. The topological polar surface area (TPSA) is 80.4 Å². The Morgan fingerprint density at radius 2 is 2.20 bits per heavy atom. The summed E-state index contributed by atoms with van der Waals surface area (Å²) in [7, 11) is 2.01. The predicted molar refractivity (Wildman–Crippen MR) is 91.2 cm³/mol. The second-order valence-corrected chi connectivity index (χ2v) is 6.85. The van der Waals surface area contributed by atoms with Gasteiger partial charge in [0.2, 0.25) is 11.8 Å². The fourth-order valence-corrected chi connectivity index (χ4v) is 3.27. The summed E-state index contributed by atoms with van der Waals surface area (Å²) < 4.78 is 11.8. The van der Waals surface area contributed by atoms with Crippen LogP contribution in [-0.2, 0) is 11.3 Å². The Morgan fingerprint density at radius 3 is 2.96 bits per heavy atom. The molecule has 134 valence electrons. The largest absolute Gasteiger partial charge is 0.424 e. The Morgan fingerprint density at radius 1 is 1.28 bits per heavy atom. The number of likely N-dealkylation sites (N-methyl/N-ethyl adjacent to an activating group) is 1. The van der Waals surface area contributed by atoms with Gasteiger partial charge in [0.25, 0.3) is 0 Å². The van der Waals surface area contributed by atoms with Gasteiger partial charge < -0.3 is 14.1 Å². The van der Waals surface area contributed by atoms with Crippen molar-refractivity contribution in [2.75, 3.05) is 38.2 Å². The SMILES string of the molecule is CN(C[C@H]1CN(Cc2nnc(C3CCC3)o2)CCO1)c1cccnn1. The number of nitrogens with zero attached hydrogens (tertiary/aromatic N) is 6. The maximum atomic E-state index is 5.91. The van der Waals surface area contributed by atoms with E-state index in [4.69, 9.17) is 9.15 Å². The van der Waals surface area contributed by atoms with Crippen molar-refractivity contribution in [1.82, 2.24) is 25.3 Å². The van der Waals surface area contributed by atoms with Crippen LogP contribution >= 0.6 is 0 Å². The van der Waals surface area contributed by atoms with Gasteiger partial charge in [0.15, 0.2) is 5.82 Å². The molecule has 0 spiro atoms. The van der Waals surface area contributed by atoms with Crippen molar-refractivity contribution in [3.05, 3.63) is 30.1 Å². The molecule has 25 heavy (non-hydrogen) atoms. The van der Waals surface area contributed by atoms with Crippen LogP contribution in [0, 0.1) is 0 Å². The van der Waals surface area contributed by atoms with Gasteiger partial charge in [0, 0.05) is 38.8 Å². The maximum absolute atomic E-state index is 5.91. The average Bonchev–Trinajstić information content (AvgIpc) is 3.02. The molecule has 3 heterocycles. The van der Waals surface area contributed by atoms with E-state index in [0.29, 0.717) is 25.0 Å². The van der Waals surface area contributed by atoms with E-state index in [1.165, 1.54) is 19.3 Å². The lowest BCUT2D eigenvalue weighted by atomic mass is 9.85. The Balaban J connectivity index is 1.30. The number of hydrogen-bond acceptors (Lipinski definition) is 8. The molecule has 0 radical (unpaired) electrons.